The standard InChI is InChI=1S/C14H17BrN2O4/c15-13-11(4-1-5-12(13)17(20)21)14(19)16-7-2-3-10(9-16)6-8-18/h1,4-5,10,18H,2-3,6-9H2. The molecule has 1 heterocycles. The Hall–Kier alpha value is -1.47. The molecular weight excluding hydrogens is 340 g/mol. The lowest BCUT2D eigenvalue weighted by atomic mass is 9.94. The van der Waals surface area contributed by atoms with Crippen molar-refractivity contribution in [3.05, 3.63) is 38.3 Å². The summed E-state index contributed by atoms with van der Waals surface area (Å²) in [4.78, 5) is 24.7. The molecule has 0 spiro atoms. The molecule has 114 valence electrons. The van der Waals surface area contributed by atoms with Crippen molar-refractivity contribution in [1.82, 2.24) is 4.90 Å². The molecule has 0 aromatic heterocycles. The van der Waals surface area contributed by atoms with Crippen molar-refractivity contribution in [2.24, 2.45) is 5.92 Å². The second-order valence-electron chi connectivity index (χ2n) is 5.17. The minimum absolute atomic E-state index is 0.107. The number of likely N-dealkylation sites (tertiary alicyclic amines) is 1. The number of halogens is 1. The largest absolute Gasteiger partial charge is 0.396 e. The van der Waals surface area contributed by atoms with Crippen LogP contribution in [0.25, 0.3) is 0 Å². The molecule has 1 amide bonds. The Labute approximate surface area is 131 Å². The predicted molar refractivity (Wildman–Crippen MR) is 81.1 cm³/mol. The number of hydrogen-bond donors (Lipinski definition) is 1. The van der Waals surface area contributed by atoms with Gasteiger partial charge in [-0.15, -0.1) is 0 Å². The Morgan fingerprint density at radius 2 is 2.29 bits per heavy atom. The number of aliphatic hydroxyl groups excluding tert-OH is 1. The molecule has 21 heavy (non-hydrogen) atoms. The molecule has 1 aromatic rings. The summed E-state index contributed by atoms with van der Waals surface area (Å²) in [5.41, 5.74) is 0.207. The van der Waals surface area contributed by atoms with Crippen LogP contribution in [0.1, 0.15) is 29.6 Å². The van der Waals surface area contributed by atoms with Crippen LogP contribution in [0.3, 0.4) is 0 Å². The van der Waals surface area contributed by atoms with Crippen molar-refractivity contribution in [3.8, 4) is 0 Å². The zero-order chi connectivity index (χ0) is 15.4. The third-order valence-corrected chi connectivity index (χ3v) is 4.58. The number of carbonyl (C=O) groups excluding carboxylic acids is 1. The quantitative estimate of drug-likeness (QED) is 0.663. The molecule has 1 N–H and O–H groups in total. The molecule has 1 saturated heterocycles. The topological polar surface area (TPSA) is 83.7 Å². The van der Waals surface area contributed by atoms with E-state index in [9.17, 15) is 14.9 Å². The summed E-state index contributed by atoms with van der Waals surface area (Å²) in [5.74, 6) is 0.0957. The first-order chi connectivity index (χ1) is 10.0. The van der Waals surface area contributed by atoms with Gasteiger partial charge in [-0.25, -0.2) is 0 Å². The van der Waals surface area contributed by atoms with Crippen molar-refractivity contribution in [1.29, 1.82) is 0 Å². The smallest absolute Gasteiger partial charge is 0.284 e. The number of aliphatic hydroxyl groups is 1. The summed E-state index contributed by atoms with van der Waals surface area (Å²) in [5, 5.41) is 19.9. The number of amides is 1. The maximum atomic E-state index is 12.6. The highest BCUT2D eigenvalue weighted by Crippen LogP contribution is 2.30. The summed E-state index contributed by atoms with van der Waals surface area (Å²) in [7, 11) is 0. The van der Waals surface area contributed by atoms with Crippen molar-refractivity contribution in [2.75, 3.05) is 19.7 Å². The van der Waals surface area contributed by atoms with E-state index in [0.29, 0.717) is 31.0 Å². The van der Waals surface area contributed by atoms with Crippen LogP contribution in [0.15, 0.2) is 22.7 Å². The fourth-order valence-corrected chi connectivity index (χ4v) is 3.24. The van der Waals surface area contributed by atoms with Crippen LogP contribution in [0, 0.1) is 16.0 Å². The lowest BCUT2D eigenvalue weighted by Crippen LogP contribution is -2.40. The fourth-order valence-electron chi connectivity index (χ4n) is 2.66. The molecule has 1 atom stereocenters. The lowest BCUT2D eigenvalue weighted by Gasteiger charge is -2.32. The van der Waals surface area contributed by atoms with Gasteiger partial charge in [0, 0.05) is 25.8 Å². The van der Waals surface area contributed by atoms with E-state index in [1.54, 1.807) is 11.0 Å². The zero-order valence-corrected chi connectivity index (χ0v) is 13.1. The van der Waals surface area contributed by atoms with Crippen LogP contribution in [0.2, 0.25) is 0 Å². The Balaban J connectivity index is 2.20. The van der Waals surface area contributed by atoms with E-state index >= 15 is 0 Å². The molecule has 1 fully saturated rings. The van der Waals surface area contributed by atoms with Crippen molar-refractivity contribution in [2.45, 2.75) is 19.3 Å². The van der Waals surface area contributed by atoms with Gasteiger partial charge in [0.05, 0.1) is 10.5 Å². The fraction of sp³-hybridized carbons (Fsp3) is 0.500. The monoisotopic (exact) mass is 356 g/mol. The summed E-state index contributed by atoms with van der Waals surface area (Å²) >= 11 is 3.17. The average molecular weight is 357 g/mol. The molecule has 6 nitrogen and oxygen atoms in total. The van der Waals surface area contributed by atoms with Gasteiger partial charge in [-0.2, -0.15) is 0 Å². The molecule has 0 bridgehead atoms. The minimum atomic E-state index is -0.508. The SMILES string of the molecule is O=C(c1cccc([N+](=O)[O-])c1Br)N1CCCC(CCO)C1. The Morgan fingerprint density at radius 3 is 2.95 bits per heavy atom. The predicted octanol–water partition coefficient (Wildman–Crippen LogP) is 2.59. The van der Waals surface area contributed by atoms with Gasteiger partial charge in [0.25, 0.3) is 11.6 Å². The van der Waals surface area contributed by atoms with Crippen molar-refractivity contribution >= 4 is 27.5 Å². The van der Waals surface area contributed by atoms with Gasteiger partial charge in [-0.1, -0.05) is 6.07 Å². The number of hydrogen-bond acceptors (Lipinski definition) is 4. The van der Waals surface area contributed by atoms with Crippen molar-refractivity contribution < 1.29 is 14.8 Å². The lowest BCUT2D eigenvalue weighted by molar-refractivity contribution is -0.385. The number of carbonyl (C=O) groups is 1. The molecule has 1 unspecified atom stereocenters. The molecule has 0 aliphatic carbocycles. The molecule has 1 aliphatic rings. The number of rotatable bonds is 4. The molecular formula is C14H17BrN2O4. The van der Waals surface area contributed by atoms with Gasteiger partial charge in [0.15, 0.2) is 0 Å². The first kappa shape index (κ1) is 15.9. The average Bonchev–Trinajstić information content (AvgIpc) is 2.47. The third-order valence-electron chi connectivity index (χ3n) is 3.75. The van der Waals surface area contributed by atoms with Crippen LogP contribution >= 0.6 is 15.9 Å². The van der Waals surface area contributed by atoms with E-state index in [1.165, 1.54) is 12.1 Å². The zero-order valence-electron chi connectivity index (χ0n) is 11.5. The maximum absolute atomic E-state index is 12.6. The Morgan fingerprint density at radius 1 is 1.52 bits per heavy atom. The number of nitro benzene ring substituents is 1. The number of nitro groups is 1. The molecule has 7 heteroatoms. The molecule has 1 aromatic carbocycles. The number of piperidine rings is 1. The van der Waals surface area contributed by atoms with E-state index < -0.39 is 4.92 Å². The van der Waals surface area contributed by atoms with E-state index in [-0.39, 0.29) is 22.7 Å². The van der Waals surface area contributed by atoms with Crippen LogP contribution in [0.5, 0.6) is 0 Å². The Bertz CT molecular complexity index is 548. The molecule has 2 rings (SSSR count). The highest BCUT2D eigenvalue weighted by molar-refractivity contribution is 9.10. The highest BCUT2D eigenvalue weighted by atomic mass is 79.9. The van der Waals surface area contributed by atoms with Crippen LogP contribution in [-0.4, -0.2) is 40.5 Å². The summed E-state index contributed by atoms with van der Waals surface area (Å²) in [6.45, 7) is 1.36. The van der Waals surface area contributed by atoms with Gasteiger partial charge < -0.3 is 10.0 Å². The van der Waals surface area contributed by atoms with Gasteiger partial charge in [-0.3, -0.25) is 14.9 Å². The van der Waals surface area contributed by atoms with Gasteiger partial charge in [-0.05, 0) is 47.2 Å². The van der Waals surface area contributed by atoms with Gasteiger partial charge >= 0.3 is 0 Å². The van der Waals surface area contributed by atoms with Gasteiger partial charge in [0.1, 0.15) is 4.47 Å². The highest BCUT2D eigenvalue weighted by Gasteiger charge is 2.27. The first-order valence-corrected chi connectivity index (χ1v) is 7.67. The van der Waals surface area contributed by atoms with Crippen molar-refractivity contribution in [3.63, 3.8) is 0 Å². The van der Waals surface area contributed by atoms with Crippen LogP contribution in [0.4, 0.5) is 5.69 Å². The molecule has 0 radical (unpaired) electrons. The maximum Gasteiger partial charge on any atom is 0.284 e. The minimum Gasteiger partial charge on any atom is -0.396 e. The van der Waals surface area contributed by atoms with Crippen LogP contribution < -0.4 is 0 Å². The van der Waals surface area contributed by atoms with E-state index in [1.807, 2.05) is 0 Å². The second-order valence-corrected chi connectivity index (χ2v) is 5.96. The number of nitrogens with zero attached hydrogens (tertiary/aromatic N) is 2. The van der Waals surface area contributed by atoms with E-state index in [0.717, 1.165) is 12.8 Å². The summed E-state index contributed by atoms with van der Waals surface area (Å²) in [6, 6.07) is 4.48. The van der Waals surface area contributed by atoms with Gasteiger partial charge in [0.2, 0.25) is 0 Å². The van der Waals surface area contributed by atoms with E-state index in [4.69, 9.17) is 5.11 Å². The van der Waals surface area contributed by atoms with Crippen LogP contribution in [-0.2, 0) is 0 Å². The van der Waals surface area contributed by atoms with E-state index in [2.05, 4.69) is 15.9 Å². The summed E-state index contributed by atoms with van der Waals surface area (Å²) < 4.78 is 0.226. The third kappa shape index (κ3) is 3.59. The first-order valence-electron chi connectivity index (χ1n) is 6.87. The Kier molecular flexibility index (Phi) is 5.30. The molecule has 1 aliphatic heterocycles. The second kappa shape index (κ2) is 7.00. The number of benzene rings is 1. The summed E-state index contributed by atoms with van der Waals surface area (Å²) in [6.07, 6.45) is 2.57. The molecule has 0 saturated carbocycles. The normalized spacial score (nSPS) is 18.6.